The number of ether oxygens (including phenoxy) is 2. The summed E-state index contributed by atoms with van der Waals surface area (Å²) in [5.74, 6) is -0.377. The number of rotatable bonds is 6. The van der Waals surface area contributed by atoms with Crippen molar-refractivity contribution in [2.75, 3.05) is 12.1 Å². The lowest BCUT2D eigenvalue weighted by Crippen LogP contribution is -2.35. The van der Waals surface area contributed by atoms with Crippen molar-refractivity contribution >= 4 is 58.4 Å². The first kappa shape index (κ1) is 23.0. The summed E-state index contributed by atoms with van der Waals surface area (Å²) in [4.78, 5) is 25.6. The van der Waals surface area contributed by atoms with Crippen molar-refractivity contribution in [3.63, 3.8) is 0 Å². The fourth-order valence-corrected chi connectivity index (χ4v) is 3.80. The molecular formula is C24H17Cl3N2O4. The average molecular weight is 504 g/mol. The van der Waals surface area contributed by atoms with Gasteiger partial charge in [0, 0.05) is 16.7 Å². The van der Waals surface area contributed by atoms with Crippen LogP contribution in [-0.2, 0) is 16.2 Å². The summed E-state index contributed by atoms with van der Waals surface area (Å²) in [6.07, 6.45) is 1.43. The van der Waals surface area contributed by atoms with E-state index >= 15 is 0 Å². The summed E-state index contributed by atoms with van der Waals surface area (Å²) in [5, 5.41) is 2.37. The highest BCUT2D eigenvalue weighted by atomic mass is 35.5. The number of hydrogen-bond acceptors (Lipinski definition) is 4. The molecule has 1 aliphatic rings. The topological polar surface area (TPSA) is 67.9 Å². The summed E-state index contributed by atoms with van der Waals surface area (Å²) < 4.78 is 11.4. The number of carbonyl (C=O) groups is 2. The van der Waals surface area contributed by atoms with Gasteiger partial charge in [-0.3, -0.25) is 15.0 Å². The first-order chi connectivity index (χ1) is 15.9. The molecule has 0 unspecified atom stereocenters. The predicted molar refractivity (Wildman–Crippen MR) is 129 cm³/mol. The summed E-state index contributed by atoms with van der Waals surface area (Å²) in [6.45, 7) is 0.140. The zero-order valence-corrected chi connectivity index (χ0v) is 19.5. The number of halogens is 3. The Morgan fingerprint density at radius 1 is 0.970 bits per heavy atom. The second kappa shape index (κ2) is 9.75. The molecule has 1 N–H and O–H groups in total. The molecule has 6 nitrogen and oxygen atoms in total. The maximum Gasteiger partial charge on any atom is 0.282 e. The number of nitrogens with zero attached hydrogens (tertiary/aromatic N) is 1. The summed E-state index contributed by atoms with van der Waals surface area (Å²) >= 11 is 18.3. The molecule has 0 aromatic heterocycles. The number of benzene rings is 3. The minimum Gasteiger partial charge on any atom is -0.493 e. The average Bonchev–Trinajstić information content (AvgIpc) is 3.09. The van der Waals surface area contributed by atoms with Gasteiger partial charge >= 0.3 is 0 Å². The van der Waals surface area contributed by atoms with E-state index in [1.165, 1.54) is 18.2 Å². The molecule has 9 heteroatoms. The molecule has 1 heterocycles. The molecule has 0 bridgehead atoms. The molecule has 1 aliphatic heterocycles. The van der Waals surface area contributed by atoms with Crippen molar-refractivity contribution < 1.29 is 19.1 Å². The summed E-state index contributed by atoms with van der Waals surface area (Å²) in [7, 11) is 1.47. The van der Waals surface area contributed by atoms with Crippen LogP contribution < -0.4 is 19.9 Å². The summed E-state index contributed by atoms with van der Waals surface area (Å²) in [5.41, 5.74) is 4.22. The fraction of sp³-hybridized carbons (Fsp3) is 0.0833. The number of anilines is 1. The minimum absolute atomic E-state index is 0.0671. The number of hydrazine groups is 1. The monoisotopic (exact) mass is 502 g/mol. The van der Waals surface area contributed by atoms with Crippen LogP contribution >= 0.6 is 34.8 Å². The molecule has 1 saturated heterocycles. The SMILES string of the molecule is COc1cc(Cl)cc(/C=C2\C(=O)NN(c3ccccc3)C2=O)c1OCc1ccc(Cl)c(Cl)c1. The van der Waals surface area contributed by atoms with Crippen LogP contribution in [-0.4, -0.2) is 18.9 Å². The Labute approximate surface area is 205 Å². The van der Waals surface area contributed by atoms with Gasteiger partial charge in [-0.1, -0.05) is 59.1 Å². The van der Waals surface area contributed by atoms with Gasteiger partial charge in [-0.15, -0.1) is 0 Å². The van der Waals surface area contributed by atoms with Crippen LogP contribution in [0, 0.1) is 0 Å². The zero-order chi connectivity index (χ0) is 23.5. The predicted octanol–water partition coefficient (Wildman–Crippen LogP) is 5.70. The molecule has 168 valence electrons. The number of nitrogens with one attached hydrogen (secondary N) is 1. The number of carbonyl (C=O) groups excluding carboxylic acids is 2. The third kappa shape index (κ3) is 4.93. The van der Waals surface area contributed by atoms with Crippen molar-refractivity contribution in [1.29, 1.82) is 0 Å². The second-order valence-electron chi connectivity index (χ2n) is 7.04. The highest BCUT2D eigenvalue weighted by Crippen LogP contribution is 2.37. The Balaban J connectivity index is 1.69. The molecule has 3 aromatic carbocycles. The first-order valence-electron chi connectivity index (χ1n) is 9.74. The van der Waals surface area contributed by atoms with Gasteiger partial charge < -0.3 is 9.47 Å². The van der Waals surface area contributed by atoms with E-state index in [0.717, 1.165) is 5.56 Å². The van der Waals surface area contributed by atoms with Crippen LogP contribution in [0.5, 0.6) is 11.5 Å². The highest BCUT2D eigenvalue weighted by Gasteiger charge is 2.34. The van der Waals surface area contributed by atoms with Crippen LogP contribution in [0.4, 0.5) is 5.69 Å². The minimum atomic E-state index is -0.543. The highest BCUT2D eigenvalue weighted by molar-refractivity contribution is 6.42. The molecule has 0 saturated carbocycles. The molecule has 33 heavy (non-hydrogen) atoms. The zero-order valence-electron chi connectivity index (χ0n) is 17.3. The van der Waals surface area contributed by atoms with Crippen molar-refractivity contribution in [2.24, 2.45) is 0 Å². The molecule has 0 radical (unpaired) electrons. The van der Waals surface area contributed by atoms with Crippen molar-refractivity contribution in [2.45, 2.75) is 6.61 Å². The third-order valence-corrected chi connectivity index (χ3v) is 5.80. The van der Waals surface area contributed by atoms with Gasteiger partial charge in [0.1, 0.15) is 12.2 Å². The van der Waals surface area contributed by atoms with E-state index < -0.39 is 11.8 Å². The molecule has 2 amide bonds. The van der Waals surface area contributed by atoms with Gasteiger partial charge in [0.2, 0.25) is 0 Å². The Kier molecular flexibility index (Phi) is 6.79. The Bertz CT molecular complexity index is 1260. The van der Waals surface area contributed by atoms with Gasteiger partial charge in [0.05, 0.1) is 22.8 Å². The first-order valence-corrected chi connectivity index (χ1v) is 10.9. The fourth-order valence-electron chi connectivity index (χ4n) is 3.26. The quantitative estimate of drug-likeness (QED) is 0.346. The maximum atomic E-state index is 13.0. The Morgan fingerprint density at radius 2 is 1.73 bits per heavy atom. The normalized spacial score (nSPS) is 14.5. The van der Waals surface area contributed by atoms with E-state index in [9.17, 15) is 9.59 Å². The van der Waals surface area contributed by atoms with E-state index in [1.54, 1.807) is 54.6 Å². The second-order valence-corrected chi connectivity index (χ2v) is 8.29. The number of amides is 2. The third-order valence-electron chi connectivity index (χ3n) is 4.84. The molecule has 3 aromatic rings. The number of methoxy groups -OCH3 is 1. The van der Waals surface area contributed by atoms with E-state index in [0.29, 0.717) is 37.8 Å². The Morgan fingerprint density at radius 3 is 2.42 bits per heavy atom. The largest absolute Gasteiger partial charge is 0.493 e. The molecule has 1 fully saturated rings. The van der Waals surface area contributed by atoms with Gasteiger partial charge in [0.15, 0.2) is 11.5 Å². The van der Waals surface area contributed by atoms with Crippen molar-refractivity contribution in [3.05, 3.63) is 92.4 Å². The van der Waals surface area contributed by atoms with Gasteiger partial charge in [0.25, 0.3) is 11.8 Å². The van der Waals surface area contributed by atoms with Crippen LogP contribution in [0.15, 0.2) is 66.2 Å². The van der Waals surface area contributed by atoms with Crippen LogP contribution in [0.3, 0.4) is 0 Å². The molecule has 0 spiro atoms. The van der Waals surface area contributed by atoms with E-state index in [2.05, 4.69) is 5.43 Å². The molecule has 0 aliphatic carbocycles. The van der Waals surface area contributed by atoms with E-state index in [4.69, 9.17) is 44.3 Å². The molecular weight excluding hydrogens is 487 g/mol. The van der Waals surface area contributed by atoms with Gasteiger partial charge in [-0.05, 0) is 42.0 Å². The lowest BCUT2D eigenvalue weighted by Gasteiger charge is -2.15. The number of para-hydroxylation sites is 1. The Hall–Kier alpha value is -3.19. The van der Waals surface area contributed by atoms with Gasteiger partial charge in [-0.25, -0.2) is 5.01 Å². The lowest BCUT2D eigenvalue weighted by molar-refractivity contribution is -0.117. The maximum absolute atomic E-state index is 13.0. The van der Waals surface area contributed by atoms with Gasteiger partial charge in [-0.2, -0.15) is 0 Å². The molecule has 4 rings (SSSR count). The van der Waals surface area contributed by atoms with E-state index in [1.807, 2.05) is 6.07 Å². The van der Waals surface area contributed by atoms with Crippen LogP contribution in [0.25, 0.3) is 6.08 Å². The summed E-state index contributed by atoms with van der Waals surface area (Å²) in [6, 6.07) is 17.1. The number of hydrogen-bond donors (Lipinski definition) is 1. The van der Waals surface area contributed by atoms with Crippen LogP contribution in [0.2, 0.25) is 15.1 Å². The molecule has 0 atom stereocenters. The lowest BCUT2D eigenvalue weighted by atomic mass is 10.1. The standard InChI is InChI=1S/C24H17Cl3N2O4/c1-32-21-12-16(25)10-15(22(21)33-13-14-7-8-19(26)20(27)9-14)11-18-23(30)28-29(24(18)31)17-5-3-2-4-6-17/h2-12H,13H2,1H3,(H,28,30)/b18-11+. The smallest absolute Gasteiger partial charge is 0.282 e. The van der Waals surface area contributed by atoms with E-state index in [-0.39, 0.29) is 12.2 Å². The van der Waals surface area contributed by atoms with Crippen LogP contribution in [0.1, 0.15) is 11.1 Å². The van der Waals surface area contributed by atoms with Crippen molar-refractivity contribution in [3.8, 4) is 11.5 Å². The van der Waals surface area contributed by atoms with Crippen molar-refractivity contribution in [1.82, 2.24) is 5.43 Å².